The van der Waals surface area contributed by atoms with Gasteiger partial charge in [-0.25, -0.2) is 5.43 Å². The minimum Gasteiger partial charge on any atom is -0.448 e. The zero-order valence-electron chi connectivity index (χ0n) is 8.56. The Balaban J connectivity index is 2.12. The molecule has 5 heteroatoms. The molecule has 2 aromatic rings. The molecule has 0 saturated carbocycles. The third-order valence-electron chi connectivity index (χ3n) is 2.30. The maximum absolute atomic E-state index is 5.72. The number of nitrogens with two attached hydrogens (primary N) is 1. The number of furan rings is 1. The van der Waals surface area contributed by atoms with Gasteiger partial charge in [0.15, 0.2) is 5.22 Å². The second-order valence-corrected chi connectivity index (χ2v) is 3.80. The first-order valence-electron chi connectivity index (χ1n) is 4.90. The highest BCUT2D eigenvalue weighted by Crippen LogP contribution is 2.22. The normalized spacial score (nSPS) is 12.6. The molecule has 2 heterocycles. The molecule has 16 heavy (non-hydrogen) atoms. The van der Waals surface area contributed by atoms with E-state index in [1.807, 2.05) is 18.2 Å². The summed E-state index contributed by atoms with van der Waals surface area (Å²) in [6, 6.07) is 7.28. The molecule has 3 N–H and O–H groups in total. The van der Waals surface area contributed by atoms with Crippen molar-refractivity contribution in [3.63, 3.8) is 0 Å². The van der Waals surface area contributed by atoms with Crippen LogP contribution in [0.25, 0.3) is 0 Å². The lowest BCUT2D eigenvalue weighted by Crippen LogP contribution is -2.29. The van der Waals surface area contributed by atoms with Gasteiger partial charge in [-0.2, -0.15) is 0 Å². The van der Waals surface area contributed by atoms with E-state index in [1.165, 1.54) is 0 Å². The van der Waals surface area contributed by atoms with Gasteiger partial charge < -0.3 is 4.42 Å². The number of hydrogen-bond donors (Lipinski definition) is 2. The number of hydrogen-bond acceptors (Lipinski definition) is 4. The Kier molecular flexibility index (Phi) is 3.56. The maximum atomic E-state index is 5.72. The molecule has 0 aliphatic carbocycles. The predicted octanol–water partition coefficient (Wildman–Crippen LogP) is 2.08. The summed E-state index contributed by atoms with van der Waals surface area (Å²) in [5.74, 6) is 6.21. The smallest absolute Gasteiger partial charge is 0.193 e. The summed E-state index contributed by atoms with van der Waals surface area (Å²) in [5, 5.41) is 0.362. The Hall–Kier alpha value is -1.36. The van der Waals surface area contributed by atoms with Crippen LogP contribution in [0.15, 0.2) is 41.1 Å². The monoisotopic (exact) mass is 237 g/mol. The molecular formula is C11H12ClN3O. The van der Waals surface area contributed by atoms with Crippen molar-refractivity contribution in [2.75, 3.05) is 0 Å². The van der Waals surface area contributed by atoms with E-state index in [-0.39, 0.29) is 6.04 Å². The van der Waals surface area contributed by atoms with Crippen LogP contribution in [0.4, 0.5) is 0 Å². The molecule has 0 saturated heterocycles. The highest BCUT2D eigenvalue weighted by Gasteiger charge is 2.14. The summed E-state index contributed by atoms with van der Waals surface area (Å²) in [4.78, 5) is 4.05. The van der Waals surface area contributed by atoms with Gasteiger partial charge in [0.25, 0.3) is 0 Å². The first-order valence-corrected chi connectivity index (χ1v) is 5.27. The molecular weight excluding hydrogens is 226 g/mol. The molecule has 0 bridgehead atoms. The second-order valence-electron chi connectivity index (χ2n) is 3.43. The fraction of sp³-hybridized carbons (Fsp3) is 0.182. The van der Waals surface area contributed by atoms with Gasteiger partial charge in [-0.3, -0.25) is 10.8 Å². The predicted molar refractivity (Wildman–Crippen MR) is 61.7 cm³/mol. The van der Waals surface area contributed by atoms with Crippen molar-refractivity contribution in [2.45, 2.75) is 12.5 Å². The van der Waals surface area contributed by atoms with E-state index < -0.39 is 0 Å². The SMILES string of the molecule is NNC(Cc1cccnc1)c1ccc(Cl)o1. The van der Waals surface area contributed by atoms with Crippen LogP contribution >= 0.6 is 11.6 Å². The van der Waals surface area contributed by atoms with Crippen LogP contribution < -0.4 is 11.3 Å². The summed E-state index contributed by atoms with van der Waals surface area (Å²) in [6.07, 6.45) is 4.24. The third-order valence-corrected chi connectivity index (χ3v) is 2.50. The van der Waals surface area contributed by atoms with Crippen molar-refractivity contribution in [3.05, 3.63) is 53.2 Å². The highest BCUT2D eigenvalue weighted by molar-refractivity contribution is 6.28. The lowest BCUT2D eigenvalue weighted by atomic mass is 10.1. The van der Waals surface area contributed by atoms with Crippen molar-refractivity contribution in [3.8, 4) is 0 Å². The number of halogens is 1. The Morgan fingerprint density at radius 2 is 2.31 bits per heavy atom. The van der Waals surface area contributed by atoms with Crippen molar-refractivity contribution >= 4 is 11.6 Å². The van der Waals surface area contributed by atoms with E-state index in [0.29, 0.717) is 11.6 Å². The Bertz CT molecular complexity index is 444. The molecule has 0 aliphatic heterocycles. The number of nitrogens with zero attached hydrogens (tertiary/aromatic N) is 1. The molecule has 4 nitrogen and oxygen atoms in total. The minimum absolute atomic E-state index is 0.100. The zero-order chi connectivity index (χ0) is 11.4. The topological polar surface area (TPSA) is 64.1 Å². The van der Waals surface area contributed by atoms with Gasteiger partial charge in [0, 0.05) is 12.4 Å². The van der Waals surface area contributed by atoms with Gasteiger partial charge in [0.2, 0.25) is 0 Å². The van der Waals surface area contributed by atoms with Crippen LogP contribution in [-0.2, 0) is 6.42 Å². The van der Waals surface area contributed by atoms with E-state index in [4.69, 9.17) is 21.9 Å². The van der Waals surface area contributed by atoms with E-state index >= 15 is 0 Å². The minimum atomic E-state index is -0.100. The average Bonchev–Trinajstić information content (AvgIpc) is 2.74. The summed E-state index contributed by atoms with van der Waals surface area (Å²) < 4.78 is 5.31. The van der Waals surface area contributed by atoms with Crippen molar-refractivity contribution in [1.29, 1.82) is 0 Å². The van der Waals surface area contributed by atoms with E-state index in [9.17, 15) is 0 Å². The molecule has 0 amide bonds. The largest absolute Gasteiger partial charge is 0.448 e. The van der Waals surface area contributed by atoms with Gasteiger partial charge >= 0.3 is 0 Å². The average molecular weight is 238 g/mol. The summed E-state index contributed by atoms with van der Waals surface area (Å²) in [7, 11) is 0. The van der Waals surface area contributed by atoms with Crippen LogP contribution in [0.5, 0.6) is 0 Å². The van der Waals surface area contributed by atoms with Crippen molar-refractivity contribution < 1.29 is 4.42 Å². The first-order chi connectivity index (χ1) is 7.79. The van der Waals surface area contributed by atoms with E-state index in [1.54, 1.807) is 18.5 Å². The van der Waals surface area contributed by atoms with Gasteiger partial charge in [-0.05, 0) is 41.8 Å². The molecule has 1 unspecified atom stereocenters. The Morgan fingerprint density at radius 3 is 2.88 bits per heavy atom. The molecule has 0 fully saturated rings. The van der Waals surface area contributed by atoms with Crippen molar-refractivity contribution in [1.82, 2.24) is 10.4 Å². The van der Waals surface area contributed by atoms with Gasteiger partial charge in [-0.15, -0.1) is 0 Å². The Labute approximate surface area is 98.4 Å². The van der Waals surface area contributed by atoms with E-state index in [2.05, 4.69) is 10.4 Å². The molecule has 84 valence electrons. The number of rotatable bonds is 4. The fourth-order valence-electron chi connectivity index (χ4n) is 1.51. The molecule has 0 aliphatic rings. The molecule has 0 radical (unpaired) electrons. The molecule has 2 rings (SSSR count). The summed E-state index contributed by atoms with van der Waals surface area (Å²) >= 11 is 5.72. The number of pyridine rings is 1. The third kappa shape index (κ3) is 2.61. The Morgan fingerprint density at radius 1 is 1.44 bits per heavy atom. The first kappa shape index (κ1) is 11.1. The summed E-state index contributed by atoms with van der Waals surface area (Å²) in [5.41, 5.74) is 3.78. The fourth-order valence-corrected chi connectivity index (χ4v) is 1.66. The number of nitrogens with one attached hydrogen (secondary N) is 1. The molecule has 0 spiro atoms. The second kappa shape index (κ2) is 5.12. The molecule has 1 atom stereocenters. The van der Waals surface area contributed by atoms with Gasteiger partial charge in [0.1, 0.15) is 5.76 Å². The maximum Gasteiger partial charge on any atom is 0.193 e. The number of hydrazine groups is 1. The van der Waals surface area contributed by atoms with Crippen LogP contribution in [0.2, 0.25) is 5.22 Å². The summed E-state index contributed by atoms with van der Waals surface area (Å²) in [6.45, 7) is 0. The lowest BCUT2D eigenvalue weighted by Gasteiger charge is -2.12. The van der Waals surface area contributed by atoms with Crippen LogP contribution in [0, 0.1) is 0 Å². The standard InChI is InChI=1S/C11H12ClN3O/c12-11-4-3-10(16-11)9(15-13)6-8-2-1-5-14-7-8/h1-5,7,9,15H,6,13H2. The van der Waals surface area contributed by atoms with Crippen LogP contribution in [0.1, 0.15) is 17.4 Å². The number of aromatic nitrogens is 1. The highest BCUT2D eigenvalue weighted by atomic mass is 35.5. The molecule has 2 aromatic heterocycles. The van der Waals surface area contributed by atoms with Crippen LogP contribution in [0.3, 0.4) is 0 Å². The zero-order valence-corrected chi connectivity index (χ0v) is 9.32. The van der Waals surface area contributed by atoms with Crippen molar-refractivity contribution in [2.24, 2.45) is 5.84 Å². The molecule has 0 aromatic carbocycles. The van der Waals surface area contributed by atoms with Crippen LogP contribution in [-0.4, -0.2) is 4.98 Å². The van der Waals surface area contributed by atoms with Gasteiger partial charge in [0.05, 0.1) is 6.04 Å². The quantitative estimate of drug-likeness (QED) is 0.631. The van der Waals surface area contributed by atoms with E-state index in [0.717, 1.165) is 11.3 Å². The lowest BCUT2D eigenvalue weighted by molar-refractivity contribution is 0.417. The van der Waals surface area contributed by atoms with Gasteiger partial charge in [-0.1, -0.05) is 6.07 Å².